The fourth-order valence-corrected chi connectivity index (χ4v) is 1.77. The van der Waals surface area contributed by atoms with Crippen molar-refractivity contribution in [2.24, 2.45) is 4.99 Å². The molecule has 14 heavy (non-hydrogen) atoms. The fourth-order valence-electron chi connectivity index (χ4n) is 1.77. The average Bonchev–Trinajstić information content (AvgIpc) is 2.63. The summed E-state index contributed by atoms with van der Waals surface area (Å²) in [7, 11) is 0. The van der Waals surface area contributed by atoms with Crippen LogP contribution >= 0.6 is 0 Å². The van der Waals surface area contributed by atoms with Gasteiger partial charge in [0.15, 0.2) is 0 Å². The number of benzene rings is 1. The van der Waals surface area contributed by atoms with Crippen LogP contribution in [0.25, 0.3) is 0 Å². The maximum absolute atomic E-state index is 11.1. The molecule has 2 nitrogen and oxygen atoms in total. The van der Waals surface area contributed by atoms with Gasteiger partial charge in [-0.2, -0.15) is 0 Å². The van der Waals surface area contributed by atoms with Gasteiger partial charge >= 0.3 is 0 Å². The third-order valence-corrected chi connectivity index (χ3v) is 2.62. The van der Waals surface area contributed by atoms with E-state index in [0.717, 1.165) is 12.0 Å². The van der Waals surface area contributed by atoms with E-state index in [1.165, 1.54) is 0 Å². The second-order valence-electron chi connectivity index (χ2n) is 3.43. The van der Waals surface area contributed by atoms with Gasteiger partial charge in [0.1, 0.15) is 5.54 Å². The zero-order valence-electron chi connectivity index (χ0n) is 8.10. The molecule has 2 rings (SSSR count). The highest BCUT2D eigenvalue weighted by atomic mass is 16.3. The van der Waals surface area contributed by atoms with Gasteiger partial charge in [0, 0.05) is 0 Å². The Hall–Kier alpha value is -1.57. The summed E-state index contributed by atoms with van der Waals surface area (Å²) in [6.07, 6.45) is 4.26. The fraction of sp³-hybridized carbons (Fsp3) is 0.250. The van der Waals surface area contributed by atoms with E-state index in [4.69, 9.17) is 0 Å². The molecule has 0 amide bonds. The molecule has 0 N–H and O–H groups in total. The minimum Gasteiger partial charge on any atom is -0.859 e. The van der Waals surface area contributed by atoms with E-state index in [-0.39, 0.29) is 5.90 Å². The number of nitrogens with zero attached hydrogens (tertiary/aromatic N) is 1. The molecule has 0 fully saturated rings. The third-order valence-electron chi connectivity index (χ3n) is 2.62. The van der Waals surface area contributed by atoms with E-state index >= 15 is 0 Å². The van der Waals surface area contributed by atoms with Crippen LogP contribution in [-0.2, 0) is 5.54 Å². The van der Waals surface area contributed by atoms with E-state index in [2.05, 4.69) is 4.99 Å². The molecule has 0 saturated heterocycles. The number of hydrogen-bond acceptors (Lipinski definition) is 2. The lowest BCUT2D eigenvalue weighted by atomic mass is 9.89. The zero-order valence-corrected chi connectivity index (χ0v) is 8.10. The first-order valence-corrected chi connectivity index (χ1v) is 4.78. The predicted octanol–water partition coefficient (Wildman–Crippen LogP) is 1.62. The van der Waals surface area contributed by atoms with Gasteiger partial charge in [0.05, 0.1) is 0 Å². The van der Waals surface area contributed by atoms with Gasteiger partial charge in [-0.05, 0) is 17.9 Å². The van der Waals surface area contributed by atoms with Crippen LogP contribution < -0.4 is 5.11 Å². The van der Waals surface area contributed by atoms with Crippen LogP contribution in [0.15, 0.2) is 47.5 Å². The molecule has 0 aromatic heterocycles. The van der Waals surface area contributed by atoms with Gasteiger partial charge in [-0.3, -0.25) is 4.99 Å². The minimum atomic E-state index is -0.404. The van der Waals surface area contributed by atoms with E-state index in [0.29, 0.717) is 0 Å². The molecular formula is C12H12NO-. The standard InChI is InChI=1S/C12H13NO/c1-2-12(9-8-11(14)13-12)10-6-4-3-5-7-10/h3-9H,2H2,1H3,(H,13,14)/p-1. The Bertz CT molecular complexity index is 381. The Morgan fingerprint density at radius 1 is 1.29 bits per heavy atom. The maximum Gasteiger partial charge on any atom is 0.103 e. The van der Waals surface area contributed by atoms with Crippen LogP contribution in [0, 0.1) is 0 Å². The number of aliphatic imine (C=N–C) groups is 1. The lowest BCUT2D eigenvalue weighted by molar-refractivity contribution is -0.212. The number of rotatable bonds is 2. The van der Waals surface area contributed by atoms with Crippen LogP contribution in [0.1, 0.15) is 18.9 Å². The van der Waals surface area contributed by atoms with Crippen molar-refractivity contribution in [3.05, 3.63) is 48.0 Å². The van der Waals surface area contributed by atoms with Gasteiger partial charge in [-0.15, -0.1) is 0 Å². The molecule has 0 radical (unpaired) electrons. The van der Waals surface area contributed by atoms with Gasteiger partial charge in [-0.25, -0.2) is 0 Å². The Morgan fingerprint density at radius 2 is 2.00 bits per heavy atom. The van der Waals surface area contributed by atoms with Gasteiger partial charge in [0.2, 0.25) is 0 Å². The SMILES string of the molecule is CCC1(c2ccccc2)C=CC([O-])=N1. The van der Waals surface area contributed by atoms with E-state index in [1.807, 2.05) is 43.3 Å². The van der Waals surface area contributed by atoms with Gasteiger partial charge in [-0.1, -0.05) is 49.4 Å². The monoisotopic (exact) mass is 186 g/mol. The molecule has 0 bridgehead atoms. The van der Waals surface area contributed by atoms with Crippen LogP contribution in [0.3, 0.4) is 0 Å². The normalized spacial score (nSPS) is 25.1. The summed E-state index contributed by atoms with van der Waals surface area (Å²) in [5, 5.41) is 11.1. The smallest absolute Gasteiger partial charge is 0.103 e. The summed E-state index contributed by atoms with van der Waals surface area (Å²) in [6.45, 7) is 2.04. The number of hydrogen-bond donors (Lipinski definition) is 0. The molecule has 0 spiro atoms. The minimum absolute atomic E-state index is 0.129. The highest BCUT2D eigenvalue weighted by molar-refractivity contribution is 5.87. The first-order valence-electron chi connectivity index (χ1n) is 4.78. The third kappa shape index (κ3) is 1.33. The highest BCUT2D eigenvalue weighted by Crippen LogP contribution is 2.33. The van der Waals surface area contributed by atoms with Crippen LogP contribution in [0.5, 0.6) is 0 Å². The molecule has 1 unspecified atom stereocenters. The van der Waals surface area contributed by atoms with Crippen LogP contribution in [-0.4, -0.2) is 5.90 Å². The van der Waals surface area contributed by atoms with Crippen molar-refractivity contribution in [2.45, 2.75) is 18.9 Å². The molecule has 1 aliphatic rings. The summed E-state index contributed by atoms with van der Waals surface area (Å²) in [6, 6.07) is 9.93. The lowest BCUT2D eigenvalue weighted by Crippen LogP contribution is -2.20. The Morgan fingerprint density at radius 3 is 2.50 bits per heavy atom. The lowest BCUT2D eigenvalue weighted by Gasteiger charge is -2.23. The zero-order chi connectivity index (χ0) is 10.0. The first kappa shape index (κ1) is 9.00. The molecule has 72 valence electrons. The van der Waals surface area contributed by atoms with Crippen molar-refractivity contribution in [3.63, 3.8) is 0 Å². The van der Waals surface area contributed by atoms with Crippen molar-refractivity contribution in [1.29, 1.82) is 0 Å². The quantitative estimate of drug-likeness (QED) is 0.691. The molecule has 0 saturated carbocycles. The topological polar surface area (TPSA) is 35.4 Å². The molecule has 1 aromatic carbocycles. The van der Waals surface area contributed by atoms with Crippen LogP contribution in [0.4, 0.5) is 0 Å². The predicted molar refractivity (Wildman–Crippen MR) is 55.0 cm³/mol. The Kier molecular flexibility index (Phi) is 2.12. The average molecular weight is 186 g/mol. The Labute approximate surface area is 83.6 Å². The van der Waals surface area contributed by atoms with Crippen molar-refractivity contribution < 1.29 is 5.11 Å². The molecule has 1 aliphatic heterocycles. The van der Waals surface area contributed by atoms with Crippen molar-refractivity contribution in [3.8, 4) is 0 Å². The van der Waals surface area contributed by atoms with Crippen LogP contribution in [0.2, 0.25) is 0 Å². The Balaban J connectivity index is 2.46. The molecule has 1 heterocycles. The van der Waals surface area contributed by atoms with E-state index in [9.17, 15) is 5.11 Å². The molecule has 0 aliphatic carbocycles. The molecule has 2 heteroatoms. The highest BCUT2D eigenvalue weighted by Gasteiger charge is 2.27. The van der Waals surface area contributed by atoms with E-state index in [1.54, 1.807) is 6.08 Å². The summed E-state index contributed by atoms with van der Waals surface area (Å²) >= 11 is 0. The van der Waals surface area contributed by atoms with E-state index < -0.39 is 5.54 Å². The molecule has 1 aromatic rings. The maximum atomic E-state index is 11.1. The van der Waals surface area contributed by atoms with Gasteiger partial charge in [0.25, 0.3) is 0 Å². The first-order chi connectivity index (χ1) is 6.77. The summed E-state index contributed by atoms with van der Waals surface area (Å²) in [5.41, 5.74) is 0.683. The second-order valence-corrected chi connectivity index (χ2v) is 3.43. The van der Waals surface area contributed by atoms with Crippen molar-refractivity contribution in [2.75, 3.05) is 0 Å². The molecular weight excluding hydrogens is 174 g/mol. The summed E-state index contributed by atoms with van der Waals surface area (Å²) < 4.78 is 0. The second kappa shape index (κ2) is 3.29. The van der Waals surface area contributed by atoms with Gasteiger partial charge < -0.3 is 5.11 Å². The molecule has 1 atom stereocenters. The largest absolute Gasteiger partial charge is 0.859 e. The summed E-state index contributed by atoms with van der Waals surface area (Å²) in [5.74, 6) is -0.129. The van der Waals surface area contributed by atoms with Crippen molar-refractivity contribution in [1.82, 2.24) is 0 Å². The van der Waals surface area contributed by atoms with Crippen molar-refractivity contribution >= 4 is 5.90 Å². The summed E-state index contributed by atoms with van der Waals surface area (Å²) in [4.78, 5) is 4.16.